The lowest BCUT2D eigenvalue weighted by atomic mass is 10.2. The van der Waals surface area contributed by atoms with Crippen LogP contribution in [0.3, 0.4) is 0 Å². The van der Waals surface area contributed by atoms with Crippen LogP contribution >= 0.6 is 0 Å². The van der Waals surface area contributed by atoms with E-state index >= 15 is 0 Å². The predicted octanol–water partition coefficient (Wildman–Crippen LogP) is -0.301. The van der Waals surface area contributed by atoms with Crippen LogP contribution in [0.5, 0.6) is 5.88 Å². The van der Waals surface area contributed by atoms with E-state index < -0.39 is 0 Å². The summed E-state index contributed by atoms with van der Waals surface area (Å²) in [6.45, 7) is 1.61. The largest absolute Gasteiger partial charge is 0.470 e. The molecule has 13 heavy (non-hydrogen) atoms. The summed E-state index contributed by atoms with van der Waals surface area (Å²) in [4.78, 5) is 7.78. The molecule has 1 aromatic rings. The average Bonchev–Trinajstić information content (AvgIpc) is 2.12. The zero-order valence-electron chi connectivity index (χ0n) is 6.90. The van der Waals surface area contributed by atoms with E-state index in [0.29, 0.717) is 5.88 Å². The minimum absolute atomic E-state index is 0.129. The van der Waals surface area contributed by atoms with Crippen molar-refractivity contribution in [1.82, 2.24) is 15.3 Å². The Hall–Kier alpha value is -1.67. The van der Waals surface area contributed by atoms with Crippen LogP contribution in [0.4, 0.5) is 0 Å². The molecule has 66 valence electrons. The van der Waals surface area contributed by atoms with Crippen LogP contribution in [0.25, 0.3) is 0 Å². The molecule has 5 heteroatoms. The zero-order valence-corrected chi connectivity index (χ0v) is 6.90. The van der Waals surface area contributed by atoms with Gasteiger partial charge in [-0.25, -0.2) is 9.97 Å². The molecule has 2 rings (SSSR count). The molecule has 0 unspecified atom stereocenters. The summed E-state index contributed by atoms with van der Waals surface area (Å²) in [5, 5.41) is 11.7. The Morgan fingerprint density at radius 3 is 2.85 bits per heavy atom. The van der Waals surface area contributed by atoms with E-state index in [2.05, 4.69) is 15.3 Å². The molecule has 2 heterocycles. The number of hydrogen-bond donors (Lipinski definition) is 1. The Morgan fingerprint density at radius 2 is 2.23 bits per heavy atom. The van der Waals surface area contributed by atoms with Crippen molar-refractivity contribution in [3.05, 3.63) is 18.1 Å². The quantitative estimate of drug-likeness (QED) is 0.669. The lowest BCUT2D eigenvalue weighted by Gasteiger charge is -2.27. The number of nitrogens with one attached hydrogen (secondary N) is 1. The fraction of sp³-hybridized carbons (Fsp3) is 0.375. The first-order valence-electron chi connectivity index (χ1n) is 3.98. The highest BCUT2D eigenvalue weighted by molar-refractivity contribution is 5.30. The van der Waals surface area contributed by atoms with Gasteiger partial charge in [0.25, 0.3) is 5.88 Å². The lowest BCUT2D eigenvalue weighted by Crippen LogP contribution is -2.50. The van der Waals surface area contributed by atoms with Gasteiger partial charge in [0.2, 0.25) is 5.69 Å². The molecule has 0 saturated carbocycles. The summed E-state index contributed by atoms with van der Waals surface area (Å²) in [5.74, 6) is 0.330. The van der Waals surface area contributed by atoms with E-state index in [1.807, 2.05) is 6.07 Å². The Bertz CT molecular complexity index is 342. The highest BCUT2D eigenvalue weighted by atomic mass is 16.5. The molecule has 1 fully saturated rings. The molecule has 0 radical (unpaired) electrons. The highest BCUT2D eigenvalue weighted by Gasteiger charge is 2.20. The Kier molecular flexibility index (Phi) is 2.06. The summed E-state index contributed by atoms with van der Waals surface area (Å²) < 4.78 is 5.41. The SMILES string of the molecule is N#Cc1nccnc1OC1CNC1. The maximum absolute atomic E-state index is 8.67. The summed E-state index contributed by atoms with van der Waals surface area (Å²) in [6, 6.07) is 1.93. The van der Waals surface area contributed by atoms with Gasteiger partial charge in [0.05, 0.1) is 0 Å². The second kappa shape index (κ2) is 3.37. The van der Waals surface area contributed by atoms with Gasteiger partial charge in [0, 0.05) is 25.5 Å². The van der Waals surface area contributed by atoms with Crippen molar-refractivity contribution in [1.29, 1.82) is 5.26 Å². The molecule has 0 atom stereocenters. The summed E-state index contributed by atoms with van der Waals surface area (Å²) in [5.41, 5.74) is 0.245. The predicted molar refractivity (Wildman–Crippen MR) is 44.0 cm³/mol. The van der Waals surface area contributed by atoms with Gasteiger partial charge in [-0.05, 0) is 0 Å². The third kappa shape index (κ3) is 1.58. The average molecular weight is 176 g/mol. The van der Waals surface area contributed by atoms with Crippen molar-refractivity contribution in [3.8, 4) is 11.9 Å². The molecular weight excluding hydrogens is 168 g/mol. The number of rotatable bonds is 2. The second-order valence-electron chi connectivity index (χ2n) is 2.72. The Labute approximate surface area is 75.4 Å². The number of hydrogen-bond acceptors (Lipinski definition) is 5. The Morgan fingerprint density at radius 1 is 1.46 bits per heavy atom. The van der Waals surface area contributed by atoms with Gasteiger partial charge in [0.15, 0.2) is 0 Å². The summed E-state index contributed by atoms with van der Waals surface area (Å²) >= 11 is 0. The zero-order chi connectivity index (χ0) is 9.10. The second-order valence-corrected chi connectivity index (χ2v) is 2.72. The third-order valence-electron chi connectivity index (χ3n) is 1.79. The van der Waals surface area contributed by atoms with Gasteiger partial charge in [-0.15, -0.1) is 0 Å². The third-order valence-corrected chi connectivity index (χ3v) is 1.79. The molecule has 1 saturated heterocycles. The first kappa shape index (κ1) is 7.95. The van der Waals surface area contributed by atoms with Crippen LogP contribution in [0, 0.1) is 11.3 Å². The molecule has 0 amide bonds. The minimum Gasteiger partial charge on any atom is -0.470 e. The molecule has 0 aliphatic carbocycles. The van der Waals surface area contributed by atoms with Crippen LogP contribution in [-0.4, -0.2) is 29.2 Å². The van der Waals surface area contributed by atoms with Crippen LogP contribution < -0.4 is 10.1 Å². The summed E-state index contributed by atoms with van der Waals surface area (Å²) in [7, 11) is 0. The number of nitrogens with zero attached hydrogens (tertiary/aromatic N) is 3. The normalized spacial score (nSPS) is 15.9. The lowest BCUT2D eigenvalue weighted by molar-refractivity contribution is 0.135. The molecule has 1 N–H and O–H groups in total. The molecule has 0 aromatic carbocycles. The first-order chi connectivity index (χ1) is 6.40. The molecule has 0 bridgehead atoms. The fourth-order valence-corrected chi connectivity index (χ4v) is 0.992. The highest BCUT2D eigenvalue weighted by Crippen LogP contribution is 2.13. The van der Waals surface area contributed by atoms with Gasteiger partial charge in [-0.3, -0.25) is 0 Å². The van der Waals surface area contributed by atoms with Gasteiger partial charge in [-0.1, -0.05) is 0 Å². The van der Waals surface area contributed by atoms with Crippen LogP contribution in [-0.2, 0) is 0 Å². The Balaban J connectivity index is 2.14. The molecule has 0 spiro atoms. The fourth-order valence-electron chi connectivity index (χ4n) is 0.992. The molecule has 5 nitrogen and oxygen atoms in total. The van der Waals surface area contributed by atoms with E-state index in [1.165, 1.54) is 12.4 Å². The van der Waals surface area contributed by atoms with Crippen molar-refractivity contribution in [2.24, 2.45) is 0 Å². The molecule has 1 aromatic heterocycles. The van der Waals surface area contributed by atoms with Crippen molar-refractivity contribution in [3.63, 3.8) is 0 Å². The van der Waals surface area contributed by atoms with Crippen molar-refractivity contribution in [2.45, 2.75) is 6.10 Å². The van der Waals surface area contributed by atoms with Gasteiger partial charge < -0.3 is 10.1 Å². The maximum Gasteiger partial charge on any atom is 0.251 e. The molecule has 1 aliphatic heterocycles. The summed E-state index contributed by atoms with van der Waals surface area (Å²) in [6.07, 6.45) is 3.12. The monoisotopic (exact) mass is 176 g/mol. The smallest absolute Gasteiger partial charge is 0.251 e. The van der Waals surface area contributed by atoms with Crippen molar-refractivity contribution >= 4 is 0 Å². The van der Waals surface area contributed by atoms with Crippen molar-refractivity contribution < 1.29 is 4.74 Å². The van der Waals surface area contributed by atoms with E-state index in [4.69, 9.17) is 10.00 Å². The van der Waals surface area contributed by atoms with Crippen LogP contribution in [0.1, 0.15) is 5.69 Å². The van der Waals surface area contributed by atoms with Crippen LogP contribution in [0.15, 0.2) is 12.4 Å². The van der Waals surface area contributed by atoms with E-state index in [9.17, 15) is 0 Å². The van der Waals surface area contributed by atoms with E-state index in [1.54, 1.807) is 0 Å². The number of ether oxygens (including phenoxy) is 1. The maximum atomic E-state index is 8.67. The molecule has 1 aliphatic rings. The van der Waals surface area contributed by atoms with E-state index in [-0.39, 0.29) is 11.8 Å². The standard InChI is InChI=1S/C8H8N4O/c9-3-7-8(12-2-1-11-7)13-6-4-10-5-6/h1-2,6,10H,4-5H2. The first-order valence-corrected chi connectivity index (χ1v) is 3.98. The topological polar surface area (TPSA) is 70.8 Å². The number of aromatic nitrogens is 2. The van der Waals surface area contributed by atoms with Gasteiger partial charge in [0.1, 0.15) is 12.2 Å². The van der Waals surface area contributed by atoms with Gasteiger partial charge in [-0.2, -0.15) is 5.26 Å². The van der Waals surface area contributed by atoms with Crippen molar-refractivity contribution in [2.75, 3.05) is 13.1 Å². The molecular formula is C8H8N4O. The minimum atomic E-state index is 0.129. The van der Waals surface area contributed by atoms with E-state index in [0.717, 1.165) is 13.1 Å². The van der Waals surface area contributed by atoms with Gasteiger partial charge >= 0.3 is 0 Å². The number of nitriles is 1. The van der Waals surface area contributed by atoms with Crippen LogP contribution in [0.2, 0.25) is 0 Å².